The van der Waals surface area contributed by atoms with E-state index in [0.717, 1.165) is 5.56 Å². The van der Waals surface area contributed by atoms with E-state index < -0.39 is 5.97 Å². The Morgan fingerprint density at radius 1 is 1.08 bits per heavy atom. The van der Waals surface area contributed by atoms with Gasteiger partial charge in [-0.3, -0.25) is 9.59 Å². The summed E-state index contributed by atoms with van der Waals surface area (Å²) >= 11 is 0. The minimum Gasteiger partial charge on any atom is -0.497 e. The molecule has 0 atom stereocenters. The summed E-state index contributed by atoms with van der Waals surface area (Å²) in [6.45, 7) is 3.12. The number of esters is 1. The second kappa shape index (κ2) is 6.20. The number of ether oxygens (including phenoxy) is 2. The number of aryl methyl sites for hydroxylation is 1. The highest BCUT2D eigenvalue weighted by molar-refractivity contribution is 5.84. The van der Waals surface area contributed by atoms with Crippen molar-refractivity contribution in [3.63, 3.8) is 0 Å². The molecule has 0 radical (unpaired) electrons. The number of hydrogen-bond acceptors (Lipinski definition) is 5. The van der Waals surface area contributed by atoms with Crippen molar-refractivity contribution in [3.05, 3.63) is 58.3 Å². The van der Waals surface area contributed by atoms with E-state index >= 15 is 0 Å². The van der Waals surface area contributed by atoms with E-state index in [4.69, 9.17) is 13.9 Å². The monoisotopic (exact) mass is 324 g/mol. The lowest BCUT2D eigenvalue weighted by atomic mass is 10.1. The number of benzene rings is 2. The van der Waals surface area contributed by atoms with Gasteiger partial charge in [0, 0.05) is 12.5 Å². The van der Waals surface area contributed by atoms with Gasteiger partial charge in [-0.1, -0.05) is 11.6 Å². The van der Waals surface area contributed by atoms with Gasteiger partial charge in [0.2, 0.25) is 11.2 Å². The first kappa shape index (κ1) is 15.8. The van der Waals surface area contributed by atoms with Crippen molar-refractivity contribution in [2.75, 3.05) is 7.11 Å². The average molecular weight is 324 g/mol. The van der Waals surface area contributed by atoms with E-state index in [9.17, 15) is 9.59 Å². The molecule has 5 heteroatoms. The number of fused-ring (bicyclic) bond motifs is 1. The standard InChI is InChI=1S/C19H16O5/c1-11-4-9-16-15(10-11)17(21)19(23-12(2)20)18(24-16)13-5-7-14(22-3)8-6-13/h4-10H,1-3H3. The van der Waals surface area contributed by atoms with Crippen molar-refractivity contribution in [2.24, 2.45) is 0 Å². The van der Waals surface area contributed by atoms with Crippen LogP contribution in [-0.4, -0.2) is 13.1 Å². The predicted octanol–water partition coefficient (Wildman–Crippen LogP) is 3.70. The zero-order valence-corrected chi connectivity index (χ0v) is 13.6. The third kappa shape index (κ3) is 2.88. The molecule has 0 spiro atoms. The van der Waals surface area contributed by atoms with Gasteiger partial charge in [-0.15, -0.1) is 0 Å². The average Bonchev–Trinajstić information content (AvgIpc) is 2.57. The molecule has 3 aromatic rings. The molecule has 0 aliphatic heterocycles. The van der Waals surface area contributed by atoms with Gasteiger partial charge in [-0.05, 0) is 43.3 Å². The molecule has 0 amide bonds. The number of methoxy groups -OCH3 is 1. The first-order valence-corrected chi connectivity index (χ1v) is 7.40. The summed E-state index contributed by atoms with van der Waals surface area (Å²) in [7, 11) is 1.57. The molecule has 122 valence electrons. The summed E-state index contributed by atoms with van der Waals surface area (Å²) in [5.74, 6) is 0.204. The Labute approximate surface area is 138 Å². The first-order valence-electron chi connectivity index (χ1n) is 7.40. The maximum atomic E-state index is 12.8. The van der Waals surface area contributed by atoms with E-state index in [1.807, 2.05) is 13.0 Å². The molecule has 2 aromatic carbocycles. The van der Waals surface area contributed by atoms with E-state index in [1.54, 1.807) is 43.5 Å². The Morgan fingerprint density at radius 3 is 2.42 bits per heavy atom. The van der Waals surface area contributed by atoms with Gasteiger partial charge >= 0.3 is 5.97 Å². The van der Waals surface area contributed by atoms with E-state index in [2.05, 4.69) is 0 Å². The van der Waals surface area contributed by atoms with Crippen molar-refractivity contribution in [1.29, 1.82) is 0 Å². The molecule has 0 bridgehead atoms. The van der Waals surface area contributed by atoms with Crippen LogP contribution in [0, 0.1) is 6.92 Å². The minimum absolute atomic E-state index is 0.106. The van der Waals surface area contributed by atoms with Crippen molar-refractivity contribution in [2.45, 2.75) is 13.8 Å². The first-order chi connectivity index (χ1) is 11.5. The Kier molecular flexibility index (Phi) is 4.08. The largest absolute Gasteiger partial charge is 0.497 e. The fraction of sp³-hybridized carbons (Fsp3) is 0.158. The summed E-state index contributed by atoms with van der Waals surface area (Å²) in [4.78, 5) is 24.2. The van der Waals surface area contributed by atoms with Crippen molar-refractivity contribution in [1.82, 2.24) is 0 Å². The van der Waals surface area contributed by atoms with E-state index in [1.165, 1.54) is 6.92 Å². The van der Waals surface area contributed by atoms with Gasteiger partial charge in [-0.25, -0.2) is 0 Å². The minimum atomic E-state index is -0.580. The molecule has 5 nitrogen and oxygen atoms in total. The second-order valence-corrected chi connectivity index (χ2v) is 5.41. The third-order valence-corrected chi connectivity index (χ3v) is 3.60. The quantitative estimate of drug-likeness (QED) is 0.687. The summed E-state index contributed by atoms with van der Waals surface area (Å²) in [5, 5.41) is 0.378. The number of carbonyl (C=O) groups excluding carboxylic acids is 1. The highest BCUT2D eigenvalue weighted by Gasteiger charge is 2.19. The maximum absolute atomic E-state index is 12.8. The lowest BCUT2D eigenvalue weighted by Crippen LogP contribution is -2.13. The molecule has 24 heavy (non-hydrogen) atoms. The summed E-state index contributed by atoms with van der Waals surface area (Å²) in [6, 6.07) is 12.3. The van der Waals surface area contributed by atoms with Crippen molar-refractivity contribution in [3.8, 4) is 22.8 Å². The van der Waals surface area contributed by atoms with E-state index in [0.29, 0.717) is 22.3 Å². The zero-order chi connectivity index (χ0) is 17.3. The Hall–Kier alpha value is -3.08. The van der Waals surface area contributed by atoms with Crippen LogP contribution in [0.2, 0.25) is 0 Å². The van der Waals surface area contributed by atoms with Crippen LogP contribution in [0.1, 0.15) is 12.5 Å². The SMILES string of the molecule is COc1ccc(-c2oc3ccc(C)cc3c(=O)c2OC(C)=O)cc1. The summed E-state index contributed by atoms with van der Waals surface area (Å²) in [6.07, 6.45) is 0. The molecule has 0 saturated carbocycles. The molecule has 0 saturated heterocycles. The molecular formula is C19H16O5. The Balaban J connectivity index is 2.29. The highest BCUT2D eigenvalue weighted by atomic mass is 16.5. The van der Waals surface area contributed by atoms with Gasteiger partial charge in [-0.2, -0.15) is 0 Å². The Morgan fingerprint density at radius 2 is 1.79 bits per heavy atom. The maximum Gasteiger partial charge on any atom is 0.308 e. The molecule has 0 unspecified atom stereocenters. The second-order valence-electron chi connectivity index (χ2n) is 5.41. The lowest BCUT2D eigenvalue weighted by Gasteiger charge is -2.10. The molecule has 0 aliphatic rings. The van der Waals surface area contributed by atoms with Crippen LogP contribution < -0.4 is 14.9 Å². The fourth-order valence-corrected chi connectivity index (χ4v) is 2.46. The van der Waals surface area contributed by atoms with Crippen LogP contribution in [0.4, 0.5) is 0 Å². The predicted molar refractivity (Wildman–Crippen MR) is 90.5 cm³/mol. The summed E-state index contributed by atoms with van der Waals surface area (Å²) < 4.78 is 16.2. The Bertz CT molecular complexity index is 967. The van der Waals surface area contributed by atoms with Gasteiger partial charge in [0.05, 0.1) is 12.5 Å². The molecule has 1 heterocycles. The van der Waals surface area contributed by atoms with Crippen molar-refractivity contribution < 1.29 is 18.7 Å². The normalized spacial score (nSPS) is 10.6. The molecule has 0 N–H and O–H groups in total. The van der Waals surface area contributed by atoms with Gasteiger partial charge in [0.15, 0.2) is 5.76 Å². The number of carbonyl (C=O) groups is 1. The smallest absolute Gasteiger partial charge is 0.308 e. The van der Waals surface area contributed by atoms with Gasteiger partial charge in [0.25, 0.3) is 0 Å². The molecule has 0 aliphatic carbocycles. The molecule has 3 rings (SSSR count). The van der Waals surface area contributed by atoms with E-state index in [-0.39, 0.29) is 16.9 Å². The van der Waals surface area contributed by atoms with Crippen LogP contribution in [0.3, 0.4) is 0 Å². The number of hydrogen-bond donors (Lipinski definition) is 0. The third-order valence-electron chi connectivity index (χ3n) is 3.60. The molecule has 1 aromatic heterocycles. The van der Waals surface area contributed by atoms with Gasteiger partial charge in [0.1, 0.15) is 11.3 Å². The fourth-order valence-electron chi connectivity index (χ4n) is 2.46. The van der Waals surface area contributed by atoms with Crippen LogP contribution >= 0.6 is 0 Å². The molecule has 0 fully saturated rings. The lowest BCUT2D eigenvalue weighted by molar-refractivity contribution is -0.131. The summed E-state index contributed by atoms with van der Waals surface area (Å²) in [5.41, 5.74) is 1.60. The zero-order valence-electron chi connectivity index (χ0n) is 13.6. The van der Waals surface area contributed by atoms with Crippen LogP contribution in [-0.2, 0) is 4.79 Å². The van der Waals surface area contributed by atoms with Crippen molar-refractivity contribution >= 4 is 16.9 Å². The van der Waals surface area contributed by atoms with Crippen LogP contribution in [0.25, 0.3) is 22.3 Å². The van der Waals surface area contributed by atoms with Crippen LogP contribution in [0.15, 0.2) is 51.7 Å². The molecular weight excluding hydrogens is 308 g/mol. The van der Waals surface area contributed by atoms with Gasteiger partial charge < -0.3 is 13.9 Å². The van der Waals surface area contributed by atoms with Crippen LogP contribution in [0.5, 0.6) is 11.5 Å². The topological polar surface area (TPSA) is 65.7 Å². The highest BCUT2D eigenvalue weighted by Crippen LogP contribution is 2.32. The number of rotatable bonds is 3.